The number of nitrogens with zero attached hydrogens (tertiary/aromatic N) is 1. The molecule has 0 aliphatic carbocycles. The van der Waals surface area contributed by atoms with E-state index in [-0.39, 0.29) is 12.0 Å². The van der Waals surface area contributed by atoms with Gasteiger partial charge in [0, 0.05) is 25.9 Å². The van der Waals surface area contributed by atoms with E-state index in [0.717, 1.165) is 13.0 Å². The molecule has 1 heterocycles. The van der Waals surface area contributed by atoms with E-state index in [1.807, 2.05) is 6.92 Å². The maximum atomic E-state index is 11.6. The molecule has 1 aliphatic rings. The van der Waals surface area contributed by atoms with Crippen LogP contribution in [0.25, 0.3) is 0 Å². The molecule has 1 saturated heterocycles. The Morgan fingerprint density at radius 1 is 1.64 bits per heavy atom. The van der Waals surface area contributed by atoms with Gasteiger partial charge in [-0.2, -0.15) is 0 Å². The highest BCUT2D eigenvalue weighted by atomic mass is 16.3. The Kier molecular flexibility index (Phi) is 3.97. The topological polar surface area (TPSA) is 40.5 Å². The maximum absolute atomic E-state index is 11.6. The first-order valence-corrected chi connectivity index (χ1v) is 5.02. The molecule has 2 unspecified atom stereocenters. The fraction of sp³-hybridized carbons (Fsp3) is 0.727. The second-order valence-corrected chi connectivity index (χ2v) is 4.00. The number of aliphatic hydroxyl groups is 1. The molecule has 1 rings (SSSR count). The lowest BCUT2D eigenvalue weighted by molar-refractivity contribution is -0.135. The number of likely N-dealkylation sites (tertiary alicyclic amines) is 1. The van der Waals surface area contributed by atoms with Crippen molar-refractivity contribution in [2.24, 2.45) is 5.92 Å². The lowest BCUT2D eigenvalue weighted by Crippen LogP contribution is -2.45. The molecule has 1 amide bonds. The van der Waals surface area contributed by atoms with Gasteiger partial charge in [-0.1, -0.05) is 6.92 Å². The number of aliphatic hydroxyl groups excluding tert-OH is 1. The van der Waals surface area contributed by atoms with E-state index in [1.54, 1.807) is 4.90 Å². The van der Waals surface area contributed by atoms with Crippen molar-refractivity contribution < 1.29 is 9.90 Å². The monoisotopic (exact) mass is 195 g/mol. The first-order valence-electron chi connectivity index (χ1n) is 5.02. The molecule has 0 aromatic rings. The molecule has 0 aromatic carbocycles. The SMILES string of the molecule is C#CCCC(=O)N1CC(C)CC(O)C1. The number of carbonyl (C=O) groups is 1. The Balaban J connectivity index is 2.43. The van der Waals surface area contributed by atoms with Gasteiger partial charge in [0.25, 0.3) is 0 Å². The lowest BCUT2D eigenvalue weighted by Gasteiger charge is -2.34. The number of piperidine rings is 1. The van der Waals surface area contributed by atoms with Crippen LogP contribution in [0.3, 0.4) is 0 Å². The van der Waals surface area contributed by atoms with Gasteiger partial charge in [0.15, 0.2) is 0 Å². The van der Waals surface area contributed by atoms with Crippen molar-refractivity contribution in [1.29, 1.82) is 0 Å². The van der Waals surface area contributed by atoms with Gasteiger partial charge in [-0.25, -0.2) is 0 Å². The van der Waals surface area contributed by atoms with Crippen molar-refractivity contribution in [3.05, 3.63) is 0 Å². The van der Waals surface area contributed by atoms with Crippen LogP contribution in [0.15, 0.2) is 0 Å². The highest BCUT2D eigenvalue weighted by Gasteiger charge is 2.25. The first kappa shape index (κ1) is 11.1. The summed E-state index contributed by atoms with van der Waals surface area (Å²) in [5.74, 6) is 2.90. The molecule has 1 N–H and O–H groups in total. The average Bonchev–Trinajstić information content (AvgIpc) is 2.12. The highest BCUT2D eigenvalue weighted by molar-refractivity contribution is 5.76. The fourth-order valence-electron chi connectivity index (χ4n) is 1.86. The van der Waals surface area contributed by atoms with E-state index in [4.69, 9.17) is 6.42 Å². The zero-order chi connectivity index (χ0) is 10.6. The summed E-state index contributed by atoms with van der Waals surface area (Å²) in [6.45, 7) is 3.26. The Morgan fingerprint density at radius 3 is 2.93 bits per heavy atom. The molecule has 2 atom stereocenters. The van der Waals surface area contributed by atoms with Crippen LogP contribution in [-0.4, -0.2) is 35.1 Å². The van der Waals surface area contributed by atoms with Gasteiger partial charge < -0.3 is 10.0 Å². The minimum Gasteiger partial charge on any atom is -0.391 e. The summed E-state index contributed by atoms with van der Waals surface area (Å²) in [7, 11) is 0. The third-order valence-electron chi connectivity index (χ3n) is 2.47. The quantitative estimate of drug-likeness (QED) is 0.656. The summed E-state index contributed by atoms with van der Waals surface area (Å²) in [5.41, 5.74) is 0. The predicted molar refractivity (Wildman–Crippen MR) is 54.4 cm³/mol. The predicted octanol–water partition coefficient (Wildman–Crippen LogP) is 0.629. The van der Waals surface area contributed by atoms with E-state index < -0.39 is 0 Å². The van der Waals surface area contributed by atoms with E-state index in [2.05, 4.69) is 5.92 Å². The molecule has 0 bridgehead atoms. The second-order valence-electron chi connectivity index (χ2n) is 4.00. The van der Waals surface area contributed by atoms with Gasteiger partial charge in [0.1, 0.15) is 0 Å². The van der Waals surface area contributed by atoms with Crippen molar-refractivity contribution in [3.63, 3.8) is 0 Å². The molecule has 14 heavy (non-hydrogen) atoms. The van der Waals surface area contributed by atoms with Gasteiger partial charge >= 0.3 is 0 Å². The molecule has 1 aliphatic heterocycles. The van der Waals surface area contributed by atoms with Crippen molar-refractivity contribution in [3.8, 4) is 12.3 Å². The number of hydrogen-bond acceptors (Lipinski definition) is 2. The van der Waals surface area contributed by atoms with E-state index in [1.165, 1.54) is 0 Å². The zero-order valence-electron chi connectivity index (χ0n) is 8.57. The van der Waals surface area contributed by atoms with Gasteiger partial charge in [-0.15, -0.1) is 12.3 Å². The zero-order valence-corrected chi connectivity index (χ0v) is 8.57. The number of amides is 1. The summed E-state index contributed by atoms with van der Waals surface area (Å²) in [6.07, 6.45) is 6.40. The van der Waals surface area contributed by atoms with Crippen molar-refractivity contribution in [2.45, 2.75) is 32.3 Å². The minimum atomic E-state index is -0.367. The van der Waals surface area contributed by atoms with Crippen LogP contribution >= 0.6 is 0 Å². The molecular formula is C11H17NO2. The van der Waals surface area contributed by atoms with Crippen LogP contribution < -0.4 is 0 Å². The molecule has 78 valence electrons. The van der Waals surface area contributed by atoms with Crippen LogP contribution in [-0.2, 0) is 4.79 Å². The van der Waals surface area contributed by atoms with Crippen LogP contribution in [0.4, 0.5) is 0 Å². The summed E-state index contributed by atoms with van der Waals surface area (Å²) in [4.78, 5) is 13.3. The summed E-state index contributed by atoms with van der Waals surface area (Å²) in [6, 6.07) is 0. The van der Waals surface area contributed by atoms with Crippen molar-refractivity contribution >= 4 is 5.91 Å². The number of carbonyl (C=O) groups excluding carboxylic acids is 1. The number of β-amino-alcohol motifs (C(OH)–C–C–N with tert-alkyl or cyclic N) is 1. The molecule has 3 heteroatoms. The first-order chi connectivity index (χ1) is 6.63. The second kappa shape index (κ2) is 5.02. The van der Waals surface area contributed by atoms with E-state index >= 15 is 0 Å². The maximum Gasteiger partial charge on any atom is 0.223 e. The third-order valence-corrected chi connectivity index (χ3v) is 2.47. The van der Waals surface area contributed by atoms with Gasteiger partial charge in [0.05, 0.1) is 6.10 Å². The summed E-state index contributed by atoms with van der Waals surface area (Å²) < 4.78 is 0. The molecule has 0 saturated carbocycles. The van der Waals surface area contributed by atoms with Crippen LogP contribution in [0.2, 0.25) is 0 Å². The molecule has 0 spiro atoms. The Hall–Kier alpha value is -1.01. The number of rotatable bonds is 2. The van der Waals surface area contributed by atoms with Crippen LogP contribution in [0.5, 0.6) is 0 Å². The number of terminal acetylenes is 1. The van der Waals surface area contributed by atoms with Crippen LogP contribution in [0, 0.1) is 18.3 Å². The number of hydrogen-bond donors (Lipinski definition) is 1. The highest BCUT2D eigenvalue weighted by Crippen LogP contribution is 2.17. The Labute approximate surface area is 85.1 Å². The van der Waals surface area contributed by atoms with Gasteiger partial charge in [-0.3, -0.25) is 4.79 Å². The molecule has 1 fully saturated rings. The summed E-state index contributed by atoms with van der Waals surface area (Å²) in [5, 5.41) is 9.49. The van der Waals surface area contributed by atoms with E-state index in [0.29, 0.717) is 25.3 Å². The van der Waals surface area contributed by atoms with Gasteiger partial charge in [0.2, 0.25) is 5.91 Å². The normalized spacial score (nSPS) is 27.1. The largest absolute Gasteiger partial charge is 0.391 e. The van der Waals surface area contributed by atoms with Crippen molar-refractivity contribution in [1.82, 2.24) is 4.90 Å². The lowest BCUT2D eigenvalue weighted by atomic mass is 9.97. The van der Waals surface area contributed by atoms with E-state index in [9.17, 15) is 9.90 Å². The smallest absolute Gasteiger partial charge is 0.223 e. The van der Waals surface area contributed by atoms with Crippen molar-refractivity contribution in [2.75, 3.05) is 13.1 Å². The van der Waals surface area contributed by atoms with Gasteiger partial charge in [-0.05, 0) is 12.3 Å². The third kappa shape index (κ3) is 3.04. The minimum absolute atomic E-state index is 0.0635. The Bertz CT molecular complexity index is 234. The van der Waals surface area contributed by atoms with Crippen LogP contribution in [0.1, 0.15) is 26.2 Å². The average molecular weight is 195 g/mol. The molecule has 0 radical (unpaired) electrons. The molecule has 3 nitrogen and oxygen atoms in total. The Morgan fingerprint density at radius 2 is 2.36 bits per heavy atom. The molecule has 0 aromatic heterocycles. The molecular weight excluding hydrogens is 178 g/mol. The standard InChI is InChI=1S/C11H17NO2/c1-3-4-5-11(14)12-7-9(2)6-10(13)8-12/h1,9-10,13H,4-8H2,2H3. The fourth-order valence-corrected chi connectivity index (χ4v) is 1.86. The summed E-state index contributed by atoms with van der Waals surface area (Å²) >= 11 is 0.